The number of esters is 1. The summed E-state index contributed by atoms with van der Waals surface area (Å²) in [4.78, 5) is 23.3. The Morgan fingerprint density at radius 2 is 2.00 bits per heavy atom. The van der Waals surface area contributed by atoms with Crippen LogP contribution >= 0.6 is 0 Å². The highest BCUT2D eigenvalue weighted by atomic mass is 16.5. The van der Waals surface area contributed by atoms with Crippen LogP contribution in [0.15, 0.2) is 12.2 Å². The lowest BCUT2D eigenvalue weighted by molar-refractivity contribution is -0.177. The fraction of sp³-hybridized carbons (Fsp3) is 0.667. The normalized spacial score (nSPS) is 38.1. The van der Waals surface area contributed by atoms with Crippen molar-refractivity contribution >= 4 is 11.9 Å². The minimum Gasteiger partial charge on any atom is -0.481 e. The third-order valence-electron chi connectivity index (χ3n) is 4.09. The highest BCUT2D eigenvalue weighted by Gasteiger charge is 2.59. The highest BCUT2D eigenvalue weighted by molar-refractivity contribution is 5.88. The molecule has 0 aromatic rings. The number of aliphatic carboxylic acids is 1. The summed E-state index contributed by atoms with van der Waals surface area (Å²) < 4.78 is 4.75. The van der Waals surface area contributed by atoms with Gasteiger partial charge in [0.1, 0.15) is 0 Å². The monoisotopic (exact) mass is 226 g/mol. The lowest BCUT2D eigenvalue weighted by Gasteiger charge is -2.46. The number of methoxy groups -OCH3 is 1. The van der Waals surface area contributed by atoms with E-state index in [1.165, 1.54) is 7.11 Å². The predicted molar refractivity (Wildman–Crippen MR) is 58.8 cm³/mol. The molecule has 1 rings (SSSR count). The van der Waals surface area contributed by atoms with Crippen molar-refractivity contribution in [3.05, 3.63) is 12.2 Å². The Balaban J connectivity index is 3.32. The van der Waals surface area contributed by atoms with E-state index in [0.29, 0.717) is 6.42 Å². The molecule has 1 aliphatic carbocycles. The van der Waals surface area contributed by atoms with Crippen LogP contribution in [0.2, 0.25) is 0 Å². The fourth-order valence-electron chi connectivity index (χ4n) is 2.37. The average Bonchev–Trinajstić information content (AvgIpc) is 2.24. The van der Waals surface area contributed by atoms with Crippen molar-refractivity contribution in [1.29, 1.82) is 0 Å². The molecular weight excluding hydrogens is 208 g/mol. The Morgan fingerprint density at radius 1 is 1.44 bits per heavy atom. The number of hydrogen-bond acceptors (Lipinski definition) is 3. The number of carboxylic acids is 1. The summed E-state index contributed by atoms with van der Waals surface area (Å²) >= 11 is 0. The Bertz CT molecular complexity index is 347. The van der Waals surface area contributed by atoms with Gasteiger partial charge in [-0.3, -0.25) is 9.59 Å². The molecule has 0 bridgehead atoms. The van der Waals surface area contributed by atoms with Crippen LogP contribution in [0.25, 0.3) is 0 Å². The van der Waals surface area contributed by atoms with Gasteiger partial charge < -0.3 is 9.84 Å². The van der Waals surface area contributed by atoms with E-state index < -0.39 is 22.8 Å². The lowest BCUT2D eigenvalue weighted by Crippen LogP contribution is -2.54. The third kappa shape index (κ3) is 1.44. The SMILES string of the molecule is COC(=O)[C@@]1(C)CC=C[C@@H](C)[C@@]1(C)C(=O)O. The average molecular weight is 226 g/mol. The van der Waals surface area contributed by atoms with Gasteiger partial charge in [-0.1, -0.05) is 19.1 Å². The van der Waals surface area contributed by atoms with E-state index in [9.17, 15) is 14.7 Å². The zero-order chi connectivity index (χ0) is 12.6. The fourth-order valence-corrected chi connectivity index (χ4v) is 2.37. The molecule has 0 aromatic carbocycles. The molecule has 0 amide bonds. The second kappa shape index (κ2) is 3.92. The molecule has 0 radical (unpaired) electrons. The van der Waals surface area contributed by atoms with E-state index in [1.54, 1.807) is 13.8 Å². The molecule has 4 heteroatoms. The zero-order valence-corrected chi connectivity index (χ0v) is 10.1. The van der Waals surface area contributed by atoms with Gasteiger partial charge in [-0.05, 0) is 26.2 Å². The molecule has 0 aromatic heterocycles. The second-order valence-electron chi connectivity index (χ2n) is 4.75. The Kier molecular flexibility index (Phi) is 3.13. The second-order valence-corrected chi connectivity index (χ2v) is 4.75. The van der Waals surface area contributed by atoms with Crippen LogP contribution in [0.4, 0.5) is 0 Å². The first-order valence-electron chi connectivity index (χ1n) is 5.29. The molecule has 1 aliphatic rings. The summed E-state index contributed by atoms with van der Waals surface area (Å²) in [5.74, 6) is -1.63. The van der Waals surface area contributed by atoms with Crippen LogP contribution in [0.3, 0.4) is 0 Å². The summed E-state index contributed by atoms with van der Waals surface area (Å²) in [6, 6.07) is 0. The van der Waals surface area contributed by atoms with E-state index in [1.807, 2.05) is 19.1 Å². The van der Waals surface area contributed by atoms with Gasteiger partial charge in [0.15, 0.2) is 0 Å². The molecule has 0 fully saturated rings. The molecule has 0 spiro atoms. The number of ether oxygens (including phenoxy) is 1. The van der Waals surface area contributed by atoms with Crippen LogP contribution in [-0.4, -0.2) is 24.2 Å². The number of rotatable bonds is 2. The van der Waals surface area contributed by atoms with Gasteiger partial charge in [0.05, 0.1) is 17.9 Å². The molecule has 90 valence electrons. The molecule has 0 aliphatic heterocycles. The number of allylic oxidation sites excluding steroid dienone is 2. The van der Waals surface area contributed by atoms with Gasteiger partial charge in [-0.15, -0.1) is 0 Å². The van der Waals surface area contributed by atoms with Gasteiger partial charge >= 0.3 is 11.9 Å². The van der Waals surface area contributed by atoms with Crippen LogP contribution in [-0.2, 0) is 14.3 Å². The van der Waals surface area contributed by atoms with Crippen molar-refractivity contribution in [3.8, 4) is 0 Å². The van der Waals surface area contributed by atoms with Gasteiger partial charge in [0.25, 0.3) is 0 Å². The Labute approximate surface area is 95.3 Å². The number of carboxylic acid groups (broad SMARTS) is 1. The van der Waals surface area contributed by atoms with E-state index in [0.717, 1.165) is 0 Å². The molecule has 4 nitrogen and oxygen atoms in total. The number of hydrogen-bond donors (Lipinski definition) is 1. The highest BCUT2D eigenvalue weighted by Crippen LogP contribution is 2.51. The maximum Gasteiger partial charge on any atom is 0.313 e. The van der Waals surface area contributed by atoms with Gasteiger partial charge in [0.2, 0.25) is 0 Å². The minimum atomic E-state index is -1.13. The minimum absolute atomic E-state index is 0.206. The van der Waals surface area contributed by atoms with Crippen LogP contribution in [0.1, 0.15) is 27.2 Å². The summed E-state index contributed by atoms with van der Waals surface area (Å²) in [5.41, 5.74) is -2.14. The maximum atomic E-state index is 11.8. The molecule has 0 saturated heterocycles. The molecule has 16 heavy (non-hydrogen) atoms. The van der Waals surface area contributed by atoms with Crippen LogP contribution in [0, 0.1) is 16.7 Å². The summed E-state index contributed by atoms with van der Waals surface area (Å²) in [6.45, 7) is 5.08. The first kappa shape index (κ1) is 12.7. The quantitative estimate of drug-likeness (QED) is 0.576. The lowest BCUT2D eigenvalue weighted by atomic mass is 9.55. The molecule has 0 unspecified atom stereocenters. The van der Waals surface area contributed by atoms with Gasteiger partial charge in [-0.2, -0.15) is 0 Å². The summed E-state index contributed by atoms with van der Waals surface area (Å²) in [5, 5.41) is 9.41. The molecule has 3 atom stereocenters. The third-order valence-corrected chi connectivity index (χ3v) is 4.09. The molecular formula is C12H18O4. The first-order chi connectivity index (χ1) is 7.30. The van der Waals surface area contributed by atoms with Crippen molar-refractivity contribution in [2.75, 3.05) is 7.11 Å². The largest absolute Gasteiger partial charge is 0.481 e. The van der Waals surface area contributed by atoms with Gasteiger partial charge in [0, 0.05) is 0 Å². The van der Waals surface area contributed by atoms with Crippen molar-refractivity contribution in [2.24, 2.45) is 16.7 Å². The Hall–Kier alpha value is -1.32. The number of carbonyl (C=O) groups excluding carboxylic acids is 1. The Morgan fingerprint density at radius 3 is 2.44 bits per heavy atom. The zero-order valence-electron chi connectivity index (χ0n) is 10.1. The molecule has 0 saturated carbocycles. The van der Waals surface area contributed by atoms with E-state index in [4.69, 9.17) is 4.74 Å². The first-order valence-corrected chi connectivity index (χ1v) is 5.29. The van der Waals surface area contributed by atoms with Crippen molar-refractivity contribution < 1.29 is 19.4 Å². The van der Waals surface area contributed by atoms with Crippen molar-refractivity contribution in [2.45, 2.75) is 27.2 Å². The number of carbonyl (C=O) groups is 2. The molecule has 0 heterocycles. The molecule has 1 N–H and O–H groups in total. The van der Waals surface area contributed by atoms with Crippen molar-refractivity contribution in [3.63, 3.8) is 0 Å². The van der Waals surface area contributed by atoms with Crippen LogP contribution < -0.4 is 0 Å². The standard InChI is InChI=1S/C12H18O4/c1-8-6-5-7-11(2,10(15)16-4)12(8,3)9(13)14/h5-6,8H,7H2,1-4H3,(H,13,14)/t8-,11-,12+/m1/s1. The predicted octanol–water partition coefficient (Wildman–Crippen LogP) is 1.85. The van der Waals surface area contributed by atoms with Crippen LogP contribution in [0.5, 0.6) is 0 Å². The van der Waals surface area contributed by atoms with E-state index in [2.05, 4.69) is 0 Å². The summed E-state index contributed by atoms with van der Waals surface area (Å²) in [7, 11) is 1.29. The van der Waals surface area contributed by atoms with E-state index >= 15 is 0 Å². The smallest absolute Gasteiger partial charge is 0.313 e. The topological polar surface area (TPSA) is 63.6 Å². The van der Waals surface area contributed by atoms with Gasteiger partial charge in [-0.25, -0.2) is 0 Å². The van der Waals surface area contributed by atoms with E-state index in [-0.39, 0.29) is 5.92 Å². The maximum absolute atomic E-state index is 11.8. The summed E-state index contributed by atoms with van der Waals surface area (Å²) in [6.07, 6.45) is 4.10. The van der Waals surface area contributed by atoms with Crippen molar-refractivity contribution in [1.82, 2.24) is 0 Å².